The van der Waals surface area contributed by atoms with Gasteiger partial charge < -0.3 is 0 Å². The molecule has 2 nitrogen and oxygen atoms in total. The molecule has 78 valence electrons. The van der Waals surface area contributed by atoms with E-state index in [4.69, 9.17) is 0 Å². The van der Waals surface area contributed by atoms with Gasteiger partial charge in [-0.3, -0.25) is 4.98 Å². The lowest BCUT2D eigenvalue weighted by atomic mass is 10.2. The van der Waals surface area contributed by atoms with Gasteiger partial charge >= 0.3 is 0 Å². The van der Waals surface area contributed by atoms with Gasteiger partial charge in [0.2, 0.25) is 0 Å². The van der Waals surface area contributed by atoms with Crippen LogP contribution in [0.25, 0.3) is 20.7 Å². The number of nitrogens with zero attached hydrogens (tertiary/aromatic N) is 2. The van der Waals surface area contributed by atoms with Crippen molar-refractivity contribution in [2.45, 2.75) is 0 Å². The summed E-state index contributed by atoms with van der Waals surface area (Å²) in [6.45, 7) is 0. The number of rotatable bonds is 1. The minimum atomic E-state index is 1.09. The van der Waals surface area contributed by atoms with E-state index >= 15 is 0 Å². The molecule has 0 atom stereocenters. The zero-order chi connectivity index (χ0) is 11.0. The number of halogens is 1. The van der Waals surface area contributed by atoms with Crippen molar-refractivity contribution in [1.29, 1.82) is 0 Å². The van der Waals surface area contributed by atoms with Crippen molar-refractivity contribution in [3.05, 3.63) is 46.4 Å². The Morgan fingerprint density at radius 1 is 1.12 bits per heavy atom. The summed E-state index contributed by atoms with van der Waals surface area (Å²) >= 11 is 4.10. The van der Waals surface area contributed by atoms with Gasteiger partial charge in [-0.1, -0.05) is 6.07 Å². The Morgan fingerprint density at radius 3 is 2.75 bits per heavy atom. The predicted molar refractivity (Wildman–Crippen MR) is 75.6 cm³/mol. The molecule has 0 spiro atoms. The number of aromatic nitrogens is 2. The third-order valence-electron chi connectivity index (χ3n) is 2.33. The average Bonchev–Trinajstić information content (AvgIpc) is 2.69. The van der Waals surface area contributed by atoms with E-state index in [0.717, 1.165) is 10.4 Å². The number of hydrogen-bond donors (Lipinski definition) is 0. The number of pyridine rings is 2. The summed E-state index contributed by atoms with van der Waals surface area (Å²) in [7, 11) is 0. The second-order valence-electron chi connectivity index (χ2n) is 3.34. The SMILES string of the molecule is Ic1c(-c2cccnc2)sc2ncccc12. The second-order valence-corrected chi connectivity index (χ2v) is 5.42. The first-order chi connectivity index (χ1) is 7.86. The zero-order valence-electron chi connectivity index (χ0n) is 8.22. The van der Waals surface area contributed by atoms with Crippen molar-refractivity contribution in [3.8, 4) is 10.4 Å². The third-order valence-corrected chi connectivity index (χ3v) is 4.98. The van der Waals surface area contributed by atoms with E-state index in [1.165, 1.54) is 13.8 Å². The van der Waals surface area contributed by atoms with Crippen LogP contribution in [-0.2, 0) is 0 Å². The molecule has 3 aromatic rings. The van der Waals surface area contributed by atoms with E-state index in [2.05, 4.69) is 44.7 Å². The molecule has 0 radical (unpaired) electrons. The fraction of sp³-hybridized carbons (Fsp3) is 0. The van der Waals surface area contributed by atoms with Crippen molar-refractivity contribution in [3.63, 3.8) is 0 Å². The van der Waals surface area contributed by atoms with Crippen molar-refractivity contribution in [2.75, 3.05) is 0 Å². The van der Waals surface area contributed by atoms with Crippen LogP contribution in [0.4, 0.5) is 0 Å². The van der Waals surface area contributed by atoms with Gasteiger partial charge in [0.1, 0.15) is 4.83 Å². The van der Waals surface area contributed by atoms with Crippen molar-refractivity contribution in [1.82, 2.24) is 9.97 Å². The maximum absolute atomic E-state index is 4.38. The highest BCUT2D eigenvalue weighted by Gasteiger charge is 2.11. The summed E-state index contributed by atoms with van der Waals surface area (Å²) in [6.07, 6.45) is 5.52. The molecule has 3 rings (SSSR count). The lowest BCUT2D eigenvalue weighted by Gasteiger charge is -1.96. The molecule has 0 unspecified atom stereocenters. The average molecular weight is 338 g/mol. The first kappa shape index (κ1) is 10.2. The van der Waals surface area contributed by atoms with Crippen molar-refractivity contribution in [2.24, 2.45) is 0 Å². The molecule has 0 aromatic carbocycles. The standard InChI is InChI=1S/C12H7IN2S/c13-10-9-4-2-6-15-12(9)16-11(10)8-3-1-5-14-7-8/h1-7H. The molecule has 0 aliphatic rings. The third kappa shape index (κ3) is 1.62. The number of hydrogen-bond acceptors (Lipinski definition) is 3. The summed E-state index contributed by atoms with van der Waals surface area (Å²) < 4.78 is 1.26. The Labute approximate surface area is 111 Å². The Hall–Kier alpha value is -1.01. The summed E-state index contributed by atoms with van der Waals surface area (Å²) in [5.41, 5.74) is 1.16. The molecule has 3 heterocycles. The van der Waals surface area contributed by atoms with Gasteiger partial charge in [0.05, 0.1) is 4.88 Å². The highest BCUT2D eigenvalue weighted by Crippen LogP contribution is 2.37. The van der Waals surface area contributed by atoms with Crippen molar-refractivity contribution < 1.29 is 0 Å². The normalized spacial score (nSPS) is 10.8. The van der Waals surface area contributed by atoms with E-state index < -0.39 is 0 Å². The van der Waals surface area contributed by atoms with Gasteiger partial charge in [0.15, 0.2) is 0 Å². The number of fused-ring (bicyclic) bond motifs is 1. The topological polar surface area (TPSA) is 25.8 Å². The molecule has 0 bridgehead atoms. The monoisotopic (exact) mass is 338 g/mol. The van der Waals surface area contributed by atoms with Crippen LogP contribution in [0.5, 0.6) is 0 Å². The molecule has 0 amide bonds. The highest BCUT2D eigenvalue weighted by molar-refractivity contribution is 14.1. The summed E-state index contributed by atoms with van der Waals surface area (Å²) in [5, 5.41) is 1.23. The van der Waals surface area contributed by atoms with Crippen molar-refractivity contribution >= 4 is 44.1 Å². The van der Waals surface area contributed by atoms with Gasteiger partial charge in [-0.05, 0) is 40.8 Å². The first-order valence-electron chi connectivity index (χ1n) is 4.79. The van der Waals surface area contributed by atoms with E-state index in [1.54, 1.807) is 17.5 Å². The molecule has 0 fully saturated rings. The van der Waals surface area contributed by atoms with E-state index in [1.807, 2.05) is 24.5 Å². The van der Waals surface area contributed by atoms with E-state index in [-0.39, 0.29) is 0 Å². The summed E-state index contributed by atoms with van der Waals surface area (Å²) in [4.78, 5) is 10.9. The van der Waals surface area contributed by atoms with Crippen LogP contribution in [0.1, 0.15) is 0 Å². The lowest BCUT2D eigenvalue weighted by molar-refractivity contribution is 1.33. The van der Waals surface area contributed by atoms with Gasteiger partial charge in [-0.15, -0.1) is 11.3 Å². The Kier molecular flexibility index (Phi) is 2.61. The Balaban J connectivity index is 2.29. The quantitative estimate of drug-likeness (QED) is 0.628. The molecule has 3 aromatic heterocycles. The highest BCUT2D eigenvalue weighted by atomic mass is 127. The molecule has 0 saturated heterocycles. The molecular weight excluding hydrogens is 331 g/mol. The maximum atomic E-state index is 4.38. The van der Waals surface area contributed by atoms with Gasteiger partial charge in [-0.25, -0.2) is 4.98 Å². The van der Waals surface area contributed by atoms with Crippen LogP contribution in [-0.4, -0.2) is 9.97 Å². The number of thiophene rings is 1. The fourth-order valence-electron chi connectivity index (χ4n) is 1.59. The van der Waals surface area contributed by atoms with E-state index in [0.29, 0.717) is 0 Å². The predicted octanol–water partition coefficient (Wildman–Crippen LogP) is 3.96. The van der Waals surface area contributed by atoms with Gasteiger partial charge in [-0.2, -0.15) is 0 Å². The zero-order valence-corrected chi connectivity index (χ0v) is 11.2. The summed E-state index contributed by atoms with van der Waals surface area (Å²) in [5.74, 6) is 0. The van der Waals surface area contributed by atoms with Crippen LogP contribution in [0.2, 0.25) is 0 Å². The van der Waals surface area contributed by atoms with Crippen LogP contribution in [0.15, 0.2) is 42.9 Å². The first-order valence-corrected chi connectivity index (χ1v) is 6.69. The van der Waals surface area contributed by atoms with Crippen LogP contribution in [0.3, 0.4) is 0 Å². The Bertz CT molecular complexity index is 634. The molecule has 0 aliphatic heterocycles. The minimum absolute atomic E-state index is 1.09. The maximum Gasteiger partial charge on any atom is 0.124 e. The largest absolute Gasteiger partial charge is 0.264 e. The van der Waals surface area contributed by atoms with E-state index in [9.17, 15) is 0 Å². The minimum Gasteiger partial charge on any atom is -0.264 e. The lowest BCUT2D eigenvalue weighted by Crippen LogP contribution is -1.77. The fourth-order valence-corrected chi connectivity index (χ4v) is 3.87. The molecule has 4 heteroatoms. The van der Waals surface area contributed by atoms with Crippen LogP contribution in [0, 0.1) is 3.57 Å². The molecule has 0 saturated carbocycles. The van der Waals surface area contributed by atoms with Gasteiger partial charge in [0, 0.05) is 33.1 Å². The smallest absolute Gasteiger partial charge is 0.124 e. The summed E-state index contributed by atoms with van der Waals surface area (Å²) in [6, 6.07) is 8.13. The molecule has 0 N–H and O–H groups in total. The molecule has 16 heavy (non-hydrogen) atoms. The van der Waals surface area contributed by atoms with Crippen LogP contribution < -0.4 is 0 Å². The van der Waals surface area contributed by atoms with Gasteiger partial charge in [0.25, 0.3) is 0 Å². The van der Waals surface area contributed by atoms with Crippen LogP contribution >= 0.6 is 33.9 Å². The second kappa shape index (κ2) is 4.10. The molecular formula is C12H7IN2S. The Morgan fingerprint density at radius 2 is 2.00 bits per heavy atom. The molecule has 0 aliphatic carbocycles.